The molecule has 4 aromatic carbocycles. The second kappa shape index (κ2) is 11.8. The van der Waals surface area contributed by atoms with Crippen molar-refractivity contribution in [2.24, 2.45) is 0 Å². The third-order valence-electron chi connectivity index (χ3n) is 9.30. The highest BCUT2D eigenvalue weighted by Gasteiger charge is 2.41. The van der Waals surface area contributed by atoms with E-state index in [1.807, 2.05) is 6.20 Å². The maximum atomic E-state index is 6.24. The number of rotatable bonds is 8. The van der Waals surface area contributed by atoms with Crippen molar-refractivity contribution in [1.29, 1.82) is 0 Å². The van der Waals surface area contributed by atoms with Gasteiger partial charge in [-0.05, 0) is 73.7 Å². The molecule has 0 spiro atoms. The first-order valence-electron chi connectivity index (χ1n) is 16.3. The van der Waals surface area contributed by atoms with Crippen LogP contribution in [0.25, 0.3) is 22.2 Å². The Kier molecular flexibility index (Phi) is 7.30. The van der Waals surface area contributed by atoms with Crippen LogP contribution in [0.5, 0.6) is 5.75 Å². The summed E-state index contributed by atoms with van der Waals surface area (Å²) in [6.07, 6.45) is 4.77. The number of anilines is 1. The Labute approximate surface area is 270 Å². The van der Waals surface area contributed by atoms with Gasteiger partial charge in [-0.3, -0.25) is 0 Å². The molecule has 4 heterocycles. The van der Waals surface area contributed by atoms with Crippen LogP contribution in [0.1, 0.15) is 43.4 Å². The zero-order valence-electron chi connectivity index (χ0n) is 26.3. The summed E-state index contributed by atoms with van der Waals surface area (Å²) >= 11 is 0. The molecule has 8 rings (SSSR count). The first-order chi connectivity index (χ1) is 22.6. The number of aromatic nitrogens is 3. The molecule has 0 aliphatic carbocycles. The van der Waals surface area contributed by atoms with Crippen molar-refractivity contribution >= 4 is 16.7 Å². The van der Waals surface area contributed by atoms with Gasteiger partial charge in [0.2, 0.25) is 0 Å². The molecule has 2 fully saturated rings. The molecule has 6 aromatic rings. The fraction of sp³-hybridized carbons (Fsp3) is 0.250. The molecule has 2 aromatic heterocycles. The summed E-state index contributed by atoms with van der Waals surface area (Å²) in [5.74, 6) is 1.79. The van der Waals surface area contributed by atoms with Crippen LogP contribution in [0.2, 0.25) is 0 Å². The first kappa shape index (κ1) is 28.5. The zero-order chi connectivity index (χ0) is 31.1. The molecule has 2 saturated heterocycles. The van der Waals surface area contributed by atoms with Crippen LogP contribution in [0.15, 0.2) is 128 Å². The van der Waals surface area contributed by atoms with Gasteiger partial charge in [-0.15, -0.1) is 0 Å². The van der Waals surface area contributed by atoms with E-state index >= 15 is 0 Å². The lowest BCUT2D eigenvalue weighted by Crippen LogP contribution is -2.43. The highest BCUT2D eigenvalue weighted by atomic mass is 16.5. The van der Waals surface area contributed by atoms with Gasteiger partial charge in [-0.1, -0.05) is 91.0 Å². The Hall–Kier alpha value is -4.94. The Morgan fingerprint density at radius 3 is 1.89 bits per heavy atom. The number of hydrogen-bond acceptors (Lipinski definition) is 5. The number of morpholine rings is 1. The molecule has 2 aliphatic rings. The molecule has 2 aliphatic heterocycles. The van der Waals surface area contributed by atoms with Crippen LogP contribution in [-0.2, 0) is 10.3 Å². The molecule has 0 radical (unpaired) electrons. The van der Waals surface area contributed by atoms with Crippen molar-refractivity contribution in [3.63, 3.8) is 0 Å². The minimum absolute atomic E-state index is 0.0530. The van der Waals surface area contributed by atoms with E-state index in [-0.39, 0.29) is 18.3 Å². The van der Waals surface area contributed by atoms with Crippen LogP contribution in [0.3, 0.4) is 0 Å². The quantitative estimate of drug-likeness (QED) is 0.164. The third-order valence-corrected chi connectivity index (χ3v) is 9.30. The lowest BCUT2D eigenvalue weighted by Gasteiger charge is -2.37. The maximum absolute atomic E-state index is 6.24. The van der Waals surface area contributed by atoms with E-state index in [1.165, 1.54) is 0 Å². The summed E-state index contributed by atoms with van der Waals surface area (Å²) in [5.41, 5.74) is 5.58. The van der Waals surface area contributed by atoms with Gasteiger partial charge >= 0.3 is 0 Å². The van der Waals surface area contributed by atoms with Crippen LogP contribution >= 0.6 is 0 Å². The smallest absolute Gasteiger partial charge is 0.138 e. The molecule has 46 heavy (non-hydrogen) atoms. The molecule has 230 valence electrons. The van der Waals surface area contributed by atoms with E-state index in [2.05, 4.69) is 145 Å². The van der Waals surface area contributed by atoms with Crippen LogP contribution < -0.4 is 9.64 Å². The molecule has 6 nitrogen and oxygen atoms in total. The van der Waals surface area contributed by atoms with Crippen molar-refractivity contribution in [2.45, 2.75) is 50.5 Å². The molecule has 2 unspecified atom stereocenters. The number of ether oxygens (including phenoxy) is 2. The zero-order valence-corrected chi connectivity index (χ0v) is 26.3. The van der Waals surface area contributed by atoms with Crippen LogP contribution in [-0.4, -0.2) is 46.2 Å². The van der Waals surface area contributed by atoms with Gasteiger partial charge in [0.05, 0.1) is 23.8 Å². The van der Waals surface area contributed by atoms with E-state index in [0.717, 1.165) is 76.3 Å². The standard InChI is InChI=1S/C40H38N4O2/c1-28(2)45-33-20-21-37-36(25-33)39(29-22-23-41-38(24-29)43-26-34-18-19-35(27-43)46-34)42-44(37)40(30-12-6-3-7-13-30,31-14-8-4-9-15-31)32-16-10-5-11-17-32/h3-17,20-25,28,34-35H,18-19,26-27H2,1-2H3. The Balaban J connectivity index is 1.40. The van der Waals surface area contributed by atoms with Crippen molar-refractivity contribution in [2.75, 3.05) is 18.0 Å². The average Bonchev–Trinajstić information content (AvgIpc) is 3.65. The second-order valence-electron chi connectivity index (χ2n) is 12.7. The normalized spacial score (nSPS) is 17.9. The molecular formula is C40H38N4O2. The fourth-order valence-corrected chi connectivity index (χ4v) is 7.36. The van der Waals surface area contributed by atoms with Gasteiger partial charge in [0.1, 0.15) is 22.8 Å². The molecule has 0 amide bonds. The fourth-order valence-electron chi connectivity index (χ4n) is 7.36. The molecule has 2 atom stereocenters. The summed E-state index contributed by atoms with van der Waals surface area (Å²) in [6.45, 7) is 5.86. The lowest BCUT2D eigenvalue weighted by atomic mass is 9.77. The lowest BCUT2D eigenvalue weighted by molar-refractivity contribution is 0.0302. The van der Waals surface area contributed by atoms with Crippen LogP contribution in [0, 0.1) is 0 Å². The van der Waals surface area contributed by atoms with Gasteiger partial charge in [0.15, 0.2) is 0 Å². The predicted octanol–water partition coefficient (Wildman–Crippen LogP) is 8.09. The summed E-state index contributed by atoms with van der Waals surface area (Å²) in [5, 5.41) is 6.63. The monoisotopic (exact) mass is 606 g/mol. The Morgan fingerprint density at radius 2 is 1.33 bits per heavy atom. The largest absolute Gasteiger partial charge is 0.491 e. The third kappa shape index (κ3) is 4.94. The summed E-state index contributed by atoms with van der Waals surface area (Å²) in [4.78, 5) is 7.21. The highest BCUT2D eigenvalue weighted by molar-refractivity contribution is 5.95. The summed E-state index contributed by atoms with van der Waals surface area (Å²) in [6, 6.07) is 42.8. The van der Waals surface area contributed by atoms with E-state index in [0.29, 0.717) is 0 Å². The average molecular weight is 607 g/mol. The minimum atomic E-state index is -0.750. The first-order valence-corrected chi connectivity index (χ1v) is 16.3. The van der Waals surface area contributed by atoms with E-state index in [1.54, 1.807) is 0 Å². The predicted molar refractivity (Wildman–Crippen MR) is 183 cm³/mol. The van der Waals surface area contributed by atoms with Gasteiger partial charge < -0.3 is 14.4 Å². The highest BCUT2D eigenvalue weighted by Crippen LogP contribution is 2.44. The summed E-state index contributed by atoms with van der Waals surface area (Å²) < 4.78 is 14.6. The molecular weight excluding hydrogens is 568 g/mol. The van der Waals surface area contributed by atoms with Crippen molar-refractivity contribution in [3.05, 3.63) is 144 Å². The summed E-state index contributed by atoms with van der Waals surface area (Å²) in [7, 11) is 0. The van der Waals surface area contributed by atoms with E-state index < -0.39 is 5.54 Å². The van der Waals surface area contributed by atoms with Crippen molar-refractivity contribution < 1.29 is 9.47 Å². The molecule has 0 saturated carbocycles. The SMILES string of the molecule is CC(C)Oc1ccc2c(c1)c(-c1ccnc(N3CC4CCC(C3)O4)c1)nn2C(c1ccccc1)(c1ccccc1)c1ccccc1. The molecule has 6 heteroatoms. The topological polar surface area (TPSA) is 52.4 Å². The number of fused-ring (bicyclic) bond motifs is 3. The molecule has 0 N–H and O–H groups in total. The Morgan fingerprint density at radius 1 is 0.739 bits per heavy atom. The Bertz CT molecular complexity index is 1850. The maximum Gasteiger partial charge on any atom is 0.138 e. The van der Waals surface area contributed by atoms with Gasteiger partial charge in [0.25, 0.3) is 0 Å². The number of nitrogens with zero attached hydrogens (tertiary/aromatic N) is 4. The van der Waals surface area contributed by atoms with Crippen LogP contribution in [0.4, 0.5) is 5.82 Å². The van der Waals surface area contributed by atoms with E-state index in [9.17, 15) is 0 Å². The number of benzene rings is 4. The van der Waals surface area contributed by atoms with Crippen molar-refractivity contribution in [1.82, 2.24) is 14.8 Å². The number of pyridine rings is 1. The minimum Gasteiger partial charge on any atom is -0.491 e. The van der Waals surface area contributed by atoms with E-state index in [4.69, 9.17) is 19.6 Å². The molecule has 2 bridgehead atoms. The number of hydrogen-bond donors (Lipinski definition) is 0. The van der Waals surface area contributed by atoms with Gasteiger partial charge in [-0.25, -0.2) is 9.67 Å². The van der Waals surface area contributed by atoms with Gasteiger partial charge in [-0.2, -0.15) is 5.10 Å². The second-order valence-corrected chi connectivity index (χ2v) is 12.7. The van der Waals surface area contributed by atoms with Gasteiger partial charge in [0, 0.05) is 30.2 Å². The van der Waals surface area contributed by atoms with Crippen molar-refractivity contribution in [3.8, 4) is 17.0 Å².